The van der Waals surface area contributed by atoms with Crippen molar-refractivity contribution >= 4 is 21.6 Å². The van der Waals surface area contributed by atoms with Crippen LogP contribution in [-0.4, -0.2) is 23.1 Å². The topological polar surface area (TPSA) is 88.2 Å². The number of hydrogen-bond acceptors (Lipinski definition) is 5. The second kappa shape index (κ2) is 6.41. The number of nitro groups is 1. The maximum absolute atomic E-state index is 11.0. The molecule has 0 saturated heterocycles. The van der Waals surface area contributed by atoms with Crippen molar-refractivity contribution in [3.05, 3.63) is 32.8 Å². The third-order valence-corrected chi connectivity index (χ3v) is 3.82. The van der Waals surface area contributed by atoms with E-state index in [9.17, 15) is 15.4 Å². The molecular formula is C14H16BrN3O3. The van der Waals surface area contributed by atoms with Gasteiger partial charge in [0.2, 0.25) is 0 Å². The first-order chi connectivity index (χ1) is 9.93. The van der Waals surface area contributed by atoms with Gasteiger partial charge in [0.15, 0.2) is 5.75 Å². The first kappa shape index (κ1) is 15.7. The number of nitro benzene ring substituents is 1. The van der Waals surface area contributed by atoms with Crippen LogP contribution >= 0.6 is 15.9 Å². The highest BCUT2D eigenvalue weighted by molar-refractivity contribution is 9.10. The van der Waals surface area contributed by atoms with Crippen molar-refractivity contribution in [2.45, 2.75) is 37.8 Å². The molecule has 1 aromatic carbocycles. The minimum absolute atomic E-state index is 0.0850. The van der Waals surface area contributed by atoms with Gasteiger partial charge in [-0.1, -0.05) is 15.9 Å². The Kier molecular flexibility index (Phi) is 4.80. The van der Waals surface area contributed by atoms with Crippen LogP contribution in [0.3, 0.4) is 0 Å². The monoisotopic (exact) mass is 353 g/mol. The van der Waals surface area contributed by atoms with Gasteiger partial charge in [0.25, 0.3) is 0 Å². The van der Waals surface area contributed by atoms with Crippen LogP contribution in [0, 0.1) is 21.4 Å². The van der Waals surface area contributed by atoms with Crippen LogP contribution in [0.4, 0.5) is 5.69 Å². The van der Waals surface area contributed by atoms with Crippen molar-refractivity contribution in [2.75, 3.05) is 6.61 Å². The van der Waals surface area contributed by atoms with Gasteiger partial charge in [0.1, 0.15) is 5.54 Å². The molecule has 1 atom stereocenters. The summed E-state index contributed by atoms with van der Waals surface area (Å²) in [5.74, 6) is 0.218. The minimum atomic E-state index is -0.661. The van der Waals surface area contributed by atoms with E-state index in [1.807, 2.05) is 6.92 Å². The average Bonchev–Trinajstić information content (AvgIpc) is 3.24. The van der Waals surface area contributed by atoms with Gasteiger partial charge in [-0.05, 0) is 31.9 Å². The maximum Gasteiger partial charge on any atom is 0.312 e. The molecule has 0 radical (unpaired) electrons. The molecule has 1 aliphatic carbocycles. The Morgan fingerprint density at radius 1 is 1.62 bits per heavy atom. The third-order valence-electron chi connectivity index (χ3n) is 3.32. The molecule has 1 fully saturated rings. The van der Waals surface area contributed by atoms with E-state index < -0.39 is 10.5 Å². The lowest BCUT2D eigenvalue weighted by Gasteiger charge is -2.23. The van der Waals surface area contributed by atoms with E-state index in [0.29, 0.717) is 16.9 Å². The zero-order chi connectivity index (χ0) is 15.5. The number of benzene rings is 1. The molecule has 1 unspecified atom stereocenters. The van der Waals surface area contributed by atoms with Crippen molar-refractivity contribution in [3.8, 4) is 11.8 Å². The summed E-state index contributed by atoms with van der Waals surface area (Å²) in [5.41, 5.74) is -0.746. The lowest BCUT2D eigenvalue weighted by molar-refractivity contribution is -0.386. The Morgan fingerprint density at radius 2 is 2.33 bits per heavy atom. The second-order valence-corrected chi connectivity index (χ2v) is 6.25. The van der Waals surface area contributed by atoms with Crippen LogP contribution in [0.2, 0.25) is 0 Å². The van der Waals surface area contributed by atoms with Crippen molar-refractivity contribution in [2.24, 2.45) is 0 Å². The molecule has 0 aliphatic heterocycles. The van der Waals surface area contributed by atoms with Crippen molar-refractivity contribution in [1.82, 2.24) is 5.32 Å². The molecule has 0 heterocycles. The van der Waals surface area contributed by atoms with Gasteiger partial charge < -0.3 is 4.74 Å². The minimum Gasteiger partial charge on any atom is -0.487 e. The molecule has 112 valence electrons. The summed E-state index contributed by atoms with van der Waals surface area (Å²) in [5, 5.41) is 23.5. The molecule has 1 saturated carbocycles. The Labute approximate surface area is 131 Å². The quantitative estimate of drug-likeness (QED) is 0.600. The molecule has 7 heteroatoms. The van der Waals surface area contributed by atoms with E-state index in [0.717, 1.165) is 12.8 Å². The second-order valence-electron chi connectivity index (χ2n) is 5.33. The summed E-state index contributed by atoms with van der Waals surface area (Å²) in [6.07, 6.45) is 2.65. The molecule has 0 aromatic heterocycles. The molecular weight excluding hydrogens is 338 g/mol. The Balaban J connectivity index is 1.96. The number of rotatable bonds is 7. The lowest BCUT2D eigenvalue weighted by Crippen LogP contribution is -2.43. The predicted molar refractivity (Wildman–Crippen MR) is 81.1 cm³/mol. The molecule has 21 heavy (non-hydrogen) atoms. The number of nitrogens with zero attached hydrogens (tertiary/aromatic N) is 2. The Morgan fingerprint density at radius 3 is 2.90 bits per heavy atom. The smallest absolute Gasteiger partial charge is 0.312 e. The summed E-state index contributed by atoms with van der Waals surface area (Å²) < 4.78 is 6.12. The Hall–Kier alpha value is -1.65. The van der Waals surface area contributed by atoms with E-state index in [1.165, 1.54) is 6.07 Å². The highest BCUT2D eigenvalue weighted by Crippen LogP contribution is 2.30. The first-order valence-corrected chi connectivity index (χ1v) is 7.48. The van der Waals surface area contributed by atoms with Gasteiger partial charge in [-0.25, -0.2) is 0 Å². The van der Waals surface area contributed by atoms with Crippen LogP contribution in [0.5, 0.6) is 5.75 Å². The zero-order valence-corrected chi connectivity index (χ0v) is 13.2. The van der Waals surface area contributed by atoms with Gasteiger partial charge in [0, 0.05) is 23.0 Å². The van der Waals surface area contributed by atoms with Gasteiger partial charge in [-0.15, -0.1) is 0 Å². The Bertz CT molecular complexity index is 583. The van der Waals surface area contributed by atoms with Gasteiger partial charge >= 0.3 is 5.69 Å². The van der Waals surface area contributed by atoms with E-state index in [4.69, 9.17) is 4.74 Å². The largest absolute Gasteiger partial charge is 0.487 e. The summed E-state index contributed by atoms with van der Waals surface area (Å²) >= 11 is 3.20. The van der Waals surface area contributed by atoms with E-state index >= 15 is 0 Å². The molecule has 0 amide bonds. The summed E-state index contributed by atoms with van der Waals surface area (Å²) in [7, 11) is 0. The van der Waals surface area contributed by atoms with Gasteiger partial charge in [-0.3, -0.25) is 15.4 Å². The summed E-state index contributed by atoms with van der Waals surface area (Å²) in [6, 6.07) is 7.31. The van der Waals surface area contributed by atoms with Gasteiger partial charge in [0.05, 0.1) is 17.6 Å². The van der Waals surface area contributed by atoms with Crippen molar-refractivity contribution in [3.63, 3.8) is 0 Å². The fourth-order valence-corrected chi connectivity index (χ4v) is 2.31. The molecule has 1 aromatic rings. The van der Waals surface area contributed by atoms with Crippen LogP contribution in [0.15, 0.2) is 22.7 Å². The number of nitriles is 1. The summed E-state index contributed by atoms with van der Waals surface area (Å²) in [4.78, 5) is 10.5. The fraction of sp³-hybridized carbons (Fsp3) is 0.500. The third kappa shape index (κ3) is 4.41. The molecule has 1 aliphatic rings. The number of hydrogen-bond donors (Lipinski definition) is 1. The first-order valence-electron chi connectivity index (χ1n) is 6.69. The maximum atomic E-state index is 11.0. The van der Waals surface area contributed by atoms with Crippen LogP contribution in [0.25, 0.3) is 0 Å². The zero-order valence-electron chi connectivity index (χ0n) is 11.6. The number of halogens is 1. The molecule has 0 bridgehead atoms. The standard InChI is InChI=1S/C14H16BrN3O3/c1-14(9-16,17-11-3-4-11)6-7-21-13-5-2-10(15)8-12(13)18(19)20/h2,5,8,11,17H,3-4,6-7H2,1H3. The highest BCUT2D eigenvalue weighted by atomic mass is 79.9. The molecule has 1 N–H and O–H groups in total. The van der Waals surface area contributed by atoms with Crippen LogP contribution in [-0.2, 0) is 0 Å². The SMILES string of the molecule is CC(C#N)(CCOc1ccc(Br)cc1[N+](=O)[O-])NC1CC1. The molecule has 0 spiro atoms. The van der Waals surface area contributed by atoms with E-state index in [2.05, 4.69) is 27.3 Å². The van der Waals surface area contributed by atoms with Crippen LogP contribution in [0.1, 0.15) is 26.2 Å². The predicted octanol–water partition coefficient (Wildman–Crippen LogP) is 3.16. The van der Waals surface area contributed by atoms with Gasteiger partial charge in [-0.2, -0.15) is 5.26 Å². The highest BCUT2D eigenvalue weighted by Gasteiger charge is 2.32. The number of ether oxygens (including phenoxy) is 1. The molecule has 2 rings (SSSR count). The van der Waals surface area contributed by atoms with Crippen molar-refractivity contribution in [1.29, 1.82) is 5.26 Å². The average molecular weight is 354 g/mol. The lowest BCUT2D eigenvalue weighted by atomic mass is 10.0. The van der Waals surface area contributed by atoms with E-state index in [1.54, 1.807) is 12.1 Å². The van der Waals surface area contributed by atoms with Crippen LogP contribution < -0.4 is 10.1 Å². The summed E-state index contributed by atoms with van der Waals surface area (Å²) in [6.45, 7) is 2.07. The van der Waals surface area contributed by atoms with E-state index in [-0.39, 0.29) is 18.0 Å². The number of nitrogens with one attached hydrogen (secondary N) is 1. The molecule has 6 nitrogen and oxygen atoms in total. The fourth-order valence-electron chi connectivity index (χ4n) is 1.96. The normalized spacial score (nSPS) is 16.8. The van der Waals surface area contributed by atoms with Crippen molar-refractivity contribution < 1.29 is 9.66 Å².